The first kappa shape index (κ1) is 10.4. The summed E-state index contributed by atoms with van der Waals surface area (Å²) in [4.78, 5) is 0. The summed E-state index contributed by atoms with van der Waals surface area (Å²) in [7, 11) is 0. The second kappa shape index (κ2) is 5.13. The van der Waals surface area contributed by atoms with E-state index in [0.717, 1.165) is 12.2 Å². The molecule has 0 saturated carbocycles. The maximum absolute atomic E-state index is 5.85. The number of hydrogen-bond donors (Lipinski definition) is 0. The minimum Gasteiger partial charge on any atom is -0.491 e. The third-order valence-electron chi connectivity index (χ3n) is 1.68. The highest BCUT2D eigenvalue weighted by molar-refractivity contribution is 6.20. The average molecular weight is 198 g/mol. The van der Waals surface area contributed by atoms with Crippen LogP contribution in [-0.4, -0.2) is 11.5 Å². The van der Waals surface area contributed by atoms with Crippen molar-refractivity contribution in [2.75, 3.05) is 0 Å². The number of halogens is 1. The third-order valence-corrected chi connectivity index (χ3v) is 1.86. The van der Waals surface area contributed by atoms with Gasteiger partial charge in [0.05, 0.1) is 6.10 Å². The molecular weight excluding hydrogens is 184 g/mol. The lowest BCUT2D eigenvalue weighted by Gasteiger charge is -2.15. The van der Waals surface area contributed by atoms with Crippen molar-refractivity contribution in [2.24, 2.45) is 0 Å². The summed E-state index contributed by atoms with van der Waals surface area (Å²) in [6, 6.07) is 10.4. The molecule has 1 nitrogen and oxygen atoms in total. The van der Waals surface area contributed by atoms with Gasteiger partial charge in [-0.2, -0.15) is 0 Å². The highest BCUT2D eigenvalue weighted by Gasteiger charge is 2.06. The Morgan fingerprint density at radius 3 is 2.54 bits per heavy atom. The van der Waals surface area contributed by atoms with Crippen LogP contribution in [0.2, 0.25) is 0 Å². The van der Waals surface area contributed by atoms with Crippen LogP contribution >= 0.6 is 11.6 Å². The molecule has 0 aromatic heterocycles. The van der Waals surface area contributed by atoms with Crippen LogP contribution in [0.4, 0.5) is 0 Å². The predicted molar refractivity (Wildman–Crippen MR) is 55.3 cm³/mol. The number of ether oxygens (including phenoxy) is 1. The molecule has 0 heterocycles. The zero-order chi connectivity index (χ0) is 9.68. The standard InChI is InChI=1S/C11H14ClO/c1-9(12)8-10(2)13-11-6-4-3-5-7-11/h4-7,9-10H,8H2,1-2H3/t9-,10-/m0/s1. The van der Waals surface area contributed by atoms with Gasteiger partial charge >= 0.3 is 0 Å². The molecule has 71 valence electrons. The first-order valence-corrected chi connectivity index (χ1v) is 4.89. The second-order valence-electron chi connectivity index (χ2n) is 3.18. The van der Waals surface area contributed by atoms with Crippen LogP contribution in [0.1, 0.15) is 20.3 Å². The molecule has 0 spiro atoms. The van der Waals surface area contributed by atoms with Crippen LogP contribution in [0, 0.1) is 6.07 Å². The molecule has 0 unspecified atom stereocenters. The Labute approximate surface area is 84.7 Å². The molecule has 13 heavy (non-hydrogen) atoms. The van der Waals surface area contributed by atoms with Gasteiger partial charge in [-0.05, 0) is 32.0 Å². The van der Waals surface area contributed by atoms with Crippen molar-refractivity contribution in [3.8, 4) is 5.75 Å². The second-order valence-corrected chi connectivity index (χ2v) is 3.93. The highest BCUT2D eigenvalue weighted by Crippen LogP contribution is 2.14. The van der Waals surface area contributed by atoms with Crippen molar-refractivity contribution in [2.45, 2.75) is 31.7 Å². The van der Waals surface area contributed by atoms with E-state index in [1.165, 1.54) is 0 Å². The van der Waals surface area contributed by atoms with Gasteiger partial charge in [0.15, 0.2) is 0 Å². The molecule has 0 aliphatic heterocycles. The molecule has 0 bridgehead atoms. The molecule has 0 fully saturated rings. The molecule has 1 aromatic rings. The number of alkyl halides is 1. The minimum atomic E-state index is 0.158. The van der Waals surface area contributed by atoms with Crippen LogP contribution in [0.15, 0.2) is 24.3 Å². The fourth-order valence-corrected chi connectivity index (χ4v) is 1.44. The first-order valence-electron chi connectivity index (χ1n) is 4.45. The maximum atomic E-state index is 5.85. The lowest BCUT2D eigenvalue weighted by Crippen LogP contribution is -2.15. The van der Waals surface area contributed by atoms with E-state index >= 15 is 0 Å². The SMILES string of the molecule is C[C@H](Cl)C[C@H](C)Oc1cc[c]cc1. The van der Waals surface area contributed by atoms with E-state index in [1.807, 2.05) is 38.1 Å². The third kappa shape index (κ3) is 4.18. The minimum absolute atomic E-state index is 0.158. The largest absolute Gasteiger partial charge is 0.491 e. The topological polar surface area (TPSA) is 9.23 Å². The highest BCUT2D eigenvalue weighted by atomic mass is 35.5. The quantitative estimate of drug-likeness (QED) is 0.674. The molecule has 0 N–H and O–H groups in total. The van der Waals surface area contributed by atoms with E-state index in [0.29, 0.717) is 0 Å². The van der Waals surface area contributed by atoms with Gasteiger partial charge in [-0.3, -0.25) is 0 Å². The van der Waals surface area contributed by atoms with Crippen molar-refractivity contribution in [1.29, 1.82) is 0 Å². The summed E-state index contributed by atoms with van der Waals surface area (Å²) in [5.74, 6) is 0.878. The van der Waals surface area contributed by atoms with Crippen LogP contribution in [0.5, 0.6) is 5.75 Å². The van der Waals surface area contributed by atoms with E-state index < -0.39 is 0 Å². The summed E-state index contributed by atoms with van der Waals surface area (Å²) < 4.78 is 5.62. The van der Waals surface area contributed by atoms with Crippen molar-refractivity contribution < 1.29 is 4.74 Å². The molecule has 2 atom stereocenters. The van der Waals surface area contributed by atoms with Gasteiger partial charge in [-0.1, -0.05) is 12.1 Å². The van der Waals surface area contributed by atoms with Gasteiger partial charge in [0.2, 0.25) is 0 Å². The monoisotopic (exact) mass is 197 g/mol. The Balaban J connectivity index is 2.41. The molecule has 1 aromatic carbocycles. The normalized spacial score (nSPS) is 15.0. The van der Waals surface area contributed by atoms with E-state index in [-0.39, 0.29) is 11.5 Å². The summed E-state index contributed by atoms with van der Waals surface area (Å²) in [6.45, 7) is 4.00. The van der Waals surface area contributed by atoms with Gasteiger partial charge in [-0.15, -0.1) is 11.6 Å². The Bertz CT molecular complexity index is 233. The van der Waals surface area contributed by atoms with E-state index in [1.54, 1.807) is 0 Å². The first-order chi connectivity index (χ1) is 6.18. The average Bonchev–Trinajstić information content (AvgIpc) is 2.04. The predicted octanol–water partition coefficient (Wildman–Crippen LogP) is 3.27. The van der Waals surface area contributed by atoms with Gasteiger partial charge < -0.3 is 4.74 Å². The Kier molecular flexibility index (Phi) is 4.10. The van der Waals surface area contributed by atoms with Gasteiger partial charge in [0.1, 0.15) is 5.75 Å². The number of benzene rings is 1. The number of rotatable bonds is 4. The van der Waals surface area contributed by atoms with E-state index in [2.05, 4.69) is 6.07 Å². The fourth-order valence-electron chi connectivity index (χ4n) is 1.19. The van der Waals surface area contributed by atoms with Gasteiger partial charge in [0, 0.05) is 11.8 Å². The van der Waals surface area contributed by atoms with Crippen molar-refractivity contribution in [1.82, 2.24) is 0 Å². The Hall–Kier alpha value is -0.690. The molecule has 0 saturated heterocycles. The van der Waals surface area contributed by atoms with E-state index in [9.17, 15) is 0 Å². The van der Waals surface area contributed by atoms with Crippen molar-refractivity contribution in [3.63, 3.8) is 0 Å². The number of hydrogen-bond acceptors (Lipinski definition) is 1. The van der Waals surface area contributed by atoms with Crippen molar-refractivity contribution in [3.05, 3.63) is 30.3 Å². The lowest BCUT2D eigenvalue weighted by atomic mass is 10.2. The smallest absolute Gasteiger partial charge is 0.119 e. The van der Waals surface area contributed by atoms with Gasteiger partial charge in [0.25, 0.3) is 0 Å². The summed E-state index contributed by atoms with van der Waals surface area (Å²) in [5, 5.41) is 0.158. The van der Waals surface area contributed by atoms with Crippen LogP contribution in [0.3, 0.4) is 0 Å². The van der Waals surface area contributed by atoms with Crippen LogP contribution in [-0.2, 0) is 0 Å². The fraction of sp³-hybridized carbons (Fsp3) is 0.455. The van der Waals surface area contributed by atoms with Crippen LogP contribution < -0.4 is 4.74 Å². The molecule has 0 amide bonds. The maximum Gasteiger partial charge on any atom is 0.119 e. The summed E-state index contributed by atoms with van der Waals surface area (Å²) in [6.07, 6.45) is 1.02. The zero-order valence-corrected chi connectivity index (χ0v) is 8.71. The van der Waals surface area contributed by atoms with Crippen molar-refractivity contribution >= 4 is 11.6 Å². The Morgan fingerprint density at radius 2 is 2.00 bits per heavy atom. The molecule has 0 aliphatic carbocycles. The summed E-state index contributed by atoms with van der Waals surface area (Å²) in [5.41, 5.74) is 0. The van der Waals surface area contributed by atoms with E-state index in [4.69, 9.17) is 16.3 Å². The van der Waals surface area contributed by atoms with Crippen LogP contribution in [0.25, 0.3) is 0 Å². The molecule has 1 rings (SSSR count). The molecular formula is C11H14ClO. The summed E-state index contributed by atoms with van der Waals surface area (Å²) >= 11 is 5.85. The Morgan fingerprint density at radius 1 is 1.38 bits per heavy atom. The van der Waals surface area contributed by atoms with Gasteiger partial charge in [-0.25, -0.2) is 0 Å². The molecule has 0 aliphatic rings. The zero-order valence-electron chi connectivity index (χ0n) is 7.96. The molecule has 2 heteroatoms. The lowest BCUT2D eigenvalue weighted by molar-refractivity contribution is 0.211. The molecule has 1 radical (unpaired) electrons.